The van der Waals surface area contributed by atoms with Gasteiger partial charge in [0.2, 0.25) is 0 Å². The zero-order valence-corrected chi connectivity index (χ0v) is 10.8. The van der Waals surface area contributed by atoms with Gasteiger partial charge in [-0.25, -0.2) is 0 Å². The van der Waals surface area contributed by atoms with Crippen LogP contribution in [0.3, 0.4) is 0 Å². The summed E-state index contributed by atoms with van der Waals surface area (Å²) in [5, 5.41) is 0. The SMILES string of the molecule is CN(Cc1cccnc1)C(=O)c1ccc(Br)o1. The van der Waals surface area contributed by atoms with E-state index in [1.807, 2.05) is 12.1 Å². The van der Waals surface area contributed by atoms with E-state index in [-0.39, 0.29) is 5.91 Å². The minimum atomic E-state index is -0.153. The highest BCUT2D eigenvalue weighted by atomic mass is 79.9. The van der Waals surface area contributed by atoms with Crippen LogP contribution in [-0.2, 0) is 6.54 Å². The fourth-order valence-corrected chi connectivity index (χ4v) is 1.76. The predicted molar refractivity (Wildman–Crippen MR) is 66.4 cm³/mol. The van der Waals surface area contributed by atoms with E-state index in [4.69, 9.17) is 4.42 Å². The smallest absolute Gasteiger partial charge is 0.289 e. The van der Waals surface area contributed by atoms with Gasteiger partial charge in [0.05, 0.1) is 0 Å². The molecule has 0 radical (unpaired) electrons. The Morgan fingerprint density at radius 1 is 1.47 bits per heavy atom. The van der Waals surface area contributed by atoms with E-state index < -0.39 is 0 Å². The molecule has 88 valence electrons. The largest absolute Gasteiger partial charge is 0.444 e. The molecule has 0 fully saturated rings. The summed E-state index contributed by atoms with van der Waals surface area (Å²) < 4.78 is 5.77. The third-order valence-corrected chi connectivity index (χ3v) is 2.70. The standard InChI is InChI=1S/C12H11BrN2O2/c1-15(8-9-3-2-6-14-7-9)12(16)10-4-5-11(13)17-10/h2-7H,8H2,1H3. The highest BCUT2D eigenvalue weighted by Gasteiger charge is 2.15. The van der Waals surface area contributed by atoms with Crippen molar-refractivity contribution in [2.24, 2.45) is 0 Å². The van der Waals surface area contributed by atoms with E-state index in [1.54, 1.807) is 36.5 Å². The third kappa shape index (κ3) is 2.94. The van der Waals surface area contributed by atoms with E-state index in [0.717, 1.165) is 5.56 Å². The number of aromatic nitrogens is 1. The molecule has 0 unspecified atom stereocenters. The molecule has 0 saturated heterocycles. The normalized spacial score (nSPS) is 10.2. The first-order valence-corrected chi connectivity index (χ1v) is 5.86. The first-order valence-electron chi connectivity index (χ1n) is 5.06. The van der Waals surface area contributed by atoms with E-state index >= 15 is 0 Å². The van der Waals surface area contributed by atoms with E-state index in [0.29, 0.717) is 17.0 Å². The topological polar surface area (TPSA) is 46.3 Å². The number of carbonyl (C=O) groups is 1. The van der Waals surface area contributed by atoms with Gasteiger partial charge in [-0.1, -0.05) is 6.07 Å². The maximum Gasteiger partial charge on any atom is 0.289 e. The Morgan fingerprint density at radius 3 is 2.88 bits per heavy atom. The number of halogens is 1. The van der Waals surface area contributed by atoms with Crippen molar-refractivity contribution in [3.8, 4) is 0 Å². The molecule has 5 heteroatoms. The van der Waals surface area contributed by atoms with Crippen molar-refractivity contribution in [2.75, 3.05) is 7.05 Å². The van der Waals surface area contributed by atoms with Crippen LogP contribution in [0.2, 0.25) is 0 Å². The molecule has 0 spiro atoms. The number of furan rings is 1. The van der Waals surface area contributed by atoms with Gasteiger partial charge in [0.25, 0.3) is 5.91 Å². The fourth-order valence-electron chi connectivity index (χ4n) is 1.45. The Balaban J connectivity index is 2.06. The monoisotopic (exact) mass is 294 g/mol. The minimum Gasteiger partial charge on any atom is -0.444 e. The number of amides is 1. The summed E-state index contributed by atoms with van der Waals surface area (Å²) in [7, 11) is 1.73. The summed E-state index contributed by atoms with van der Waals surface area (Å²) in [6.07, 6.45) is 3.44. The van der Waals surface area contributed by atoms with Crippen LogP contribution >= 0.6 is 15.9 Å². The molecular formula is C12H11BrN2O2. The number of nitrogens with zero attached hydrogens (tertiary/aromatic N) is 2. The second-order valence-electron chi connectivity index (χ2n) is 3.63. The molecule has 0 aromatic carbocycles. The van der Waals surface area contributed by atoms with Crippen LogP contribution in [0.5, 0.6) is 0 Å². The van der Waals surface area contributed by atoms with E-state index in [9.17, 15) is 4.79 Å². The minimum absolute atomic E-state index is 0.153. The Kier molecular flexibility index (Phi) is 3.58. The third-order valence-electron chi connectivity index (χ3n) is 2.27. The Morgan fingerprint density at radius 2 is 2.29 bits per heavy atom. The molecule has 0 saturated carbocycles. The second-order valence-corrected chi connectivity index (χ2v) is 4.41. The predicted octanol–water partition coefficient (Wildman–Crippen LogP) is 2.71. The van der Waals surface area contributed by atoms with Crippen LogP contribution in [0.4, 0.5) is 0 Å². The van der Waals surface area contributed by atoms with Crippen LogP contribution in [0, 0.1) is 0 Å². The summed E-state index contributed by atoms with van der Waals surface area (Å²) in [5.74, 6) is 0.169. The van der Waals surface area contributed by atoms with Gasteiger partial charge in [-0.2, -0.15) is 0 Å². The van der Waals surface area contributed by atoms with Crippen LogP contribution in [0.25, 0.3) is 0 Å². The Hall–Kier alpha value is -1.62. The van der Waals surface area contributed by atoms with E-state index in [2.05, 4.69) is 20.9 Å². The van der Waals surface area contributed by atoms with Gasteiger partial charge in [0, 0.05) is 26.0 Å². The molecule has 0 N–H and O–H groups in total. The van der Waals surface area contributed by atoms with Gasteiger partial charge >= 0.3 is 0 Å². The molecule has 2 heterocycles. The average molecular weight is 295 g/mol. The number of hydrogen-bond acceptors (Lipinski definition) is 3. The summed E-state index contributed by atoms with van der Waals surface area (Å²) in [5.41, 5.74) is 0.981. The fraction of sp³-hybridized carbons (Fsp3) is 0.167. The molecule has 2 rings (SSSR count). The highest BCUT2D eigenvalue weighted by Crippen LogP contribution is 2.16. The van der Waals surface area contributed by atoms with Gasteiger partial charge in [0.15, 0.2) is 10.4 Å². The average Bonchev–Trinajstić information content (AvgIpc) is 2.76. The summed E-state index contributed by atoms with van der Waals surface area (Å²) in [6.45, 7) is 0.505. The van der Waals surface area contributed by atoms with Crippen LogP contribution < -0.4 is 0 Å². The zero-order chi connectivity index (χ0) is 12.3. The van der Waals surface area contributed by atoms with Gasteiger partial charge < -0.3 is 9.32 Å². The van der Waals surface area contributed by atoms with Gasteiger partial charge in [-0.05, 0) is 39.7 Å². The lowest BCUT2D eigenvalue weighted by molar-refractivity contribution is 0.0752. The number of rotatable bonds is 3. The number of pyridine rings is 1. The highest BCUT2D eigenvalue weighted by molar-refractivity contribution is 9.10. The molecule has 4 nitrogen and oxygen atoms in total. The molecule has 1 amide bonds. The van der Waals surface area contributed by atoms with Crippen molar-refractivity contribution < 1.29 is 9.21 Å². The van der Waals surface area contributed by atoms with Crippen molar-refractivity contribution in [3.63, 3.8) is 0 Å². The van der Waals surface area contributed by atoms with Crippen molar-refractivity contribution in [2.45, 2.75) is 6.54 Å². The lowest BCUT2D eigenvalue weighted by Gasteiger charge is -2.15. The lowest BCUT2D eigenvalue weighted by Crippen LogP contribution is -2.25. The summed E-state index contributed by atoms with van der Waals surface area (Å²) >= 11 is 3.17. The Bertz CT molecular complexity index is 510. The maximum absolute atomic E-state index is 12.0. The van der Waals surface area contributed by atoms with E-state index in [1.165, 1.54) is 0 Å². The molecule has 0 bridgehead atoms. The van der Waals surface area contributed by atoms with Gasteiger partial charge in [0.1, 0.15) is 0 Å². The molecule has 2 aromatic rings. The molecule has 0 aliphatic heterocycles. The second kappa shape index (κ2) is 5.14. The molecule has 17 heavy (non-hydrogen) atoms. The summed E-state index contributed by atoms with van der Waals surface area (Å²) in [4.78, 5) is 17.5. The number of hydrogen-bond donors (Lipinski definition) is 0. The van der Waals surface area contributed by atoms with Crippen molar-refractivity contribution >= 4 is 21.8 Å². The molecule has 2 aromatic heterocycles. The number of carbonyl (C=O) groups excluding carboxylic acids is 1. The van der Waals surface area contributed by atoms with Crippen molar-refractivity contribution in [3.05, 3.63) is 52.7 Å². The molecule has 0 aliphatic rings. The summed E-state index contributed by atoms with van der Waals surface area (Å²) in [6, 6.07) is 7.11. The molecule has 0 atom stereocenters. The molecule has 0 aliphatic carbocycles. The van der Waals surface area contributed by atoms with Gasteiger partial charge in [-0.3, -0.25) is 9.78 Å². The van der Waals surface area contributed by atoms with Crippen LogP contribution in [-0.4, -0.2) is 22.8 Å². The lowest BCUT2D eigenvalue weighted by atomic mass is 10.2. The van der Waals surface area contributed by atoms with Crippen molar-refractivity contribution in [1.82, 2.24) is 9.88 Å². The van der Waals surface area contributed by atoms with Crippen molar-refractivity contribution in [1.29, 1.82) is 0 Å². The maximum atomic E-state index is 12.0. The zero-order valence-electron chi connectivity index (χ0n) is 9.26. The first-order chi connectivity index (χ1) is 8.16. The first kappa shape index (κ1) is 11.9. The van der Waals surface area contributed by atoms with Crippen LogP contribution in [0.1, 0.15) is 16.1 Å². The quantitative estimate of drug-likeness (QED) is 0.874. The molecular weight excluding hydrogens is 284 g/mol. The van der Waals surface area contributed by atoms with Crippen LogP contribution in [0.15, 0.2) is 45.7 Å². The van der Waals surface area contributed by atoms with Gasteiger partial charge in [-0.15, -0.1) is 0 Å². The Labute approximate surface area is 107 Å².